The van der Waals surface area contributed by atoms with Gasteiger partial charge in [0, 0.05) is 24.7 Å². The summed E-state index contributed by atoms with van der Waals surface area (Å²) in [5.74, 6) is -2.44. The number of nitrogens with zero attached hydrogens (tertiary/aromatic N) is 2. The second-order valence-corrected chi connectivity index (χ2v) is 5.67. The van der Waals surface area contributed by atoms with Crippen LogP contribution in [0.3, 0.4) is 0 Å². The van der Waals surface area contributed by atoms with Crippen LogP contribution >= 0.6 is 0 Å². The van der Waals surface area contributed by atoms with Crippen LogP contribution < -0.4 is 0 Å². The van der Waals surface area contributed by atoms with E-state index in [1.54, 1.807) is 23.1 Å². The topological polar surface area (TPSA) is 52.9 Å². The van der Waals surface area contributed by atoms with Crippen LogP contribution in [0, 0.1) is 11.8 Å². The van der Waals surface area contributed by atoms with E-state index in [1.165, 1.54) is 6.08 Å². The SMILES string of the molecule is O=C(O)C1=NC2C=C(N3CCC(C(F)(F)F)C3)C=CC2C=C1. The summed E-state index contributed by atoms with van der Waals surface area (Å²) in [6.07, 6.45) is 4.56. The Morgan fingerprint density at radius 1 is 1.32 bits per heavy atom. The lowest BCUT2D eigenvalue weighted by atomic mass is 9.91. The van der Waals surface area contributed by atoms with Gasteiger partial charge in [-0.05, 0) is 24.6 Å². The van der Waals surface area contributed by atoms with Crippen LogP contribution in [-0.2, 0) is 4.79 Å². The Morgan fingerprint density at radius 3 is 2.68 bits per heavy atom. The van der Waals surface area contributed by atoms with Gasteiger partial charge in [-0.2, -0.15) is 13.2 Å². The Morgan fingerprint density at radius 2 is 2.05 bits per heavy atom. The average molecular weight is 312 g/mol. The van der Waals surface area contributed by atoms with Crippen LogP contribution in [0.4, 0.5) is 13.2 Å². The van der Waals surface area contributed by atoms with Crippen molar-refractivity contribution in [1.82, 2.24) is 4.90 Å². The normalized spacial score (nSPS) is 30.9. The number of carboxylic acid groups (broad SMARTS) is 1. The second-order valence-electron chi connectivity index (χ2n) is 5.67. The van der Waals surface area contributed by atoms with Crippen LogP contribution in [-0.4, -0.2) is 47.0 Å². The molecule has 2 heterocycles. The molecule has 7 heteroatoms. The number of allylic oxidation sites excluding steroid dienone is 1. The quantitative estimate of drug-likeness (QED) is 0.852. The number of likely N-dealkylation sites (tertiary alicyclic amines) is 1. The van der Waals surface area contributed by atoms with Gasteiger partial charge in [0.2, 0.25) is 0 Å². The van der Waals surface area contributed by atoms with Gasteiger partial charge < -0.3 is 10.0 Å². The van der Waals surface area contributed by atoms with Crippen LogP contribution in [0.15, 0.2) is 41.1 Å². The molecule has 2 aliphatic heterocycles. The molecule has 0 bridgehead atoms. The van der Waals surface area contributed by atoms with Gasteiger partial charge in [-0.3, -0.25) is 4.99 Å². The number of dihydropyridines is 1. The number of fused-ring (bicyclic) bond motifs is 1. The number of rotatable bonds is 2. The van der Waals surface area contributed by atoms with Crippen LogP contribution in [0.1, 0.15) is 6.42 Å². The van der Waals surface area contributed by atoms with Gasteiger partial charge in [0.25, 0.3) is 0 Å². The molecule has 3 unspecified atom stereocenters. The van der Waals surface area contributed by atoms with Crippen molar-refractivity contribution < 1.29 is 23.1 Å². The average Bonchev–Trinajstić information content (AvgIpc) is 2.96. The number of carbonyl (C=O) groups is 1. The van der Waals surface area contributed by atoms with Gasteiger partial charge in [0.05, 0.1) is 12.0 Å². The molecule has 3 rings (SSSR count). The summed E-state index contributed by atoms with van der Waals surface area (Å²) in [4.78, 5) is 16.8. The van der Waals surface area contributed by atoms with Gasteiger partial charge in [0.15, 0.2) is 0 Å². The first-order valence-electron chi connectivity index (χ1n) is 7.05. The number of aliphatic carboxylic acids is 1. The van der Waals surface area contributed by atoms with E-state index in [-0.39, 0.29) is 30.6 Å². The third-order valence-corrected chi connectivity index (χ3v) is 4.22. The van der Waals surface area contributed by atoms with Crippen molar-refractivity contribution in [2.75, 3.05) is 13.1 Å². The Balaban J connectivity index is 1.76. The zero-order chi connectivity index (χ0) is 15.9. The highest BCUT2D eigenvalue weighted by Gasteiger charge is 2.44. The molecule has 0 aromatic heterocycles. The summed E-state index contributed by atoms with van der Waals surface area (Å²) in [5.41, 5.74) is 0.665. The van der Waals surface area contributed by atoms with Crippen molar-refractivity contribution in [2.45, 2.75) is 18.6 Å². The third-order valence-electron chi connectivity index (χ3n) is 4.22. The number of aliphatic imine (C=N–C) groups is 1. The Hall–Kier alpha value is -2.05. The van der Waals surface area contributed by atoms with Gasteiger partial charge in [-0.25, -0.2) is 4.79 Å². The molecule has 3 atom stereocenters. The minimum Gasteiger partial charge on any atom is -0.477 e. The predicted molar refractivity (Wildman–Crippen MR) is 74.4 cm³/mol. The molecular weight excluding hydrogens is 297 g/mol. The molecule has 3 aliphatic rings. The Labute approximate surface area is 125 Å². The molecule has 118 valence electrons. The minimum atomic E-state index is -4.17. The van der Waals surface area contributed by atoms with Crippen LogP contribution in [0.25, 0.3) is 0 Å². The number of alkyl halides is 3. The Bertz CT molecular complexity index is 604. The fourth-order valence-corrected chi connectivity index (χ4v) is 2.97. The molecule has 1 fully saturated rings. The zero-order valence-electron chi connectivity index (χ0n) is 11.6. The lowest BCUT2D eigenvalue weighted by Crippen LogP contribution is -2.30. The van der Waals surface area contributed by atoms with Crippen molar-refractivity contribution >= 4 is 11.7 Å². The second kappa shape index (κ2) is 5.30. The molecule has 4 nitrogen and oxygen atoms in total. The highest BCUT2D eigenvalue weighted by atomic mass is 19.4. The third kappa shape index (κ3) is 2.80. The number of hydrogen-bond donors (Lipinski definition) is 1. The van der Waals surface area contributed by atoms with Crippen LogP contribution in [0.5, 0.6) is 0 Å². The van der Waals surface area contributed by atoms with E-state index < -0.39 is 18.1 Å². The molecular formula is C15H15F3N2O2. The molecule has 0 amide bonds. The van der Waals surface area contributed by atoms with E-state index in [4.69, 9.17) is 5.11 Å². The number of halogens is 3. The van der Waals surface area contributed by atoms with Crippen LogP contribution in [0.2, 0.25) is 0 Å². The van der Waals surface area contributed by atoms with E-state index in [0.29, 0.717) is 12.2 Å². The molecule has 1 N–H and O–H groups in total. The monoisotopic (exact) mass is 312 g/mol. The maximum atomic E-state index is 12.7. The largest absolute Gasteiger partial charge is 0.477 e. The molecule has 22 heavy (non-hydrogen) atoms. The summed E-state index contributed by atoms with van der Waals surface area (Å²) < 4.78 is 38.2. The first-order chi connectivity index (χ1) is 10.3. The molecule has 0 aromatic rings. The fourth-order valence-electron chi connectivity index (χ4n) is 2.97. The maximum absolute atomic E-state index is 12.7. The minimum absolute atomic E-state index is 0.0262. The molecule has 0 aromatic carbocycles. The standard InChI is InChI=1S/C15H15F3N2O2/c16-15(17,18)10-5-6-20(8-10)11-3-1-9-2-4-12(14(21)22)19-13(9)7-11/h1-4,7,9-10,13H,5-6,8H2,(H,21,22). The lowest BCUT2D eigenvalue weighted by molar-refractivity contribution is -0.170. The van der Waals surface area contributed by atoms with Crippen molar-refractivity contribution in [3.8, 4) is 0 Å². The first kappa shape index (κ1) is 14.9. The molecule has 0 radical (unpaired) electrons. The molecule has 0 saturated carbocycles. The maximum Gasteiger partial charge on any atom is 0.393 e. The van der Waals surface area contributed by atoms with Gasteiger partial charge in [-0.15, -0.1) is 0 Å². The highest BCUT2D eigenvalue weighted by Crippen LogP contribution is 2.36. The van der Waals surface area contributed by atoms with Crippen molar-refractivity contribution in [2.24, 2.45) is 16.8 Å². The molecule has 1 aliphatic carbocycles. The summed E-state index contributed by atoms with van der Waals surface area (Å²) in [6.45, 7) is 0.297. The van der Waals surface area contributed by atoms with Gasteiger partial charge >= 0.3 is 12.1 Å². The van der Waals surface area contributed by atoms with E-state index in [9.17, 15) is 18.0 Å². The summed E-state index contributed by atoms with van der Waals surface area (Å²) in [5, 5.41) is 8.97. The smallest absolute Gasteiger partial charge is 0.393 e. The fraction of sp³-hybridized carbons (Fsp3) is 0.467. The Kier molecular flexibility index (Phi) is 3.58. The summed E-state index contributed by atoms with van der Waals surface area (Å²) in [7, 11) is 0. The first-order valence-corrected chi connectivity index (χ1v) is 7.05. The predicted octanol–water partition coefficient (Wildman–Crippen LogP) is 2.40. The lowest BCUT2D eigenvalue weighted by Gasteiger charge is -2.28. The van der Waals surface area contributed by atoms with Gasteiger partial charge in [-0.1, -0.05) is 12.2 Å². The van der Waals surface area contributed by atoms with Crippen molar-refractivity contribution in [3.05, 3.63) is 36.1 Å². The van der Waals surface area contributed by atoms with Crippen molar-refractivity contribution in [1.29, 1.82) is 0 Å². The van der Waals surface area contributed by atoms with E-state index in [0.717, 1.165) is 0 Å². The van der Waals surface area contributed by atoms with E-state index >= 15 is 0 Å². The van der Waals surface area contributed by atoms with Crippen molar-refractivity contribution in [3.63, 3.8) is 0 Å². The summed E-state index contributed by atoms with van der Waals surface area (Å²) in [6, 6.07) is -0.360. The van der Waals surface area contributed by atoms with Gasteiger partial charge in [0.1, 0.15) is 5.71 Å². The van der Waals surface area contributed by atoms with E-state index in [2.05, 4.69) is 4.99 Å². The number of carboxylic acids is 1. The highest BCUT2D eigenvalue weighted by molar-refractivity contribution is 6.40. The molecule has 0 spiro atoms. The number of hydrogen-bond acceptors (Lipinski definition) is 3. The zero-order valence-corrected chi connectivity index (χ0v) is 11.6. The molecule has 1 saturated heterocycles. The van der Waals surface area contributed by atoms with E-state index in [1.807, 2.05) is 6.08 Å². The summed E-state index contributed by atoms with van der Waals surface area (Å²) >= 11 is 0.